The molecule has 1 atom stereocenters. The molecule has 1 aliphatic heterocycles. The van der Waals surface area contributed by atoms with E-state index < -0.39 is 0 Å². The smallest absolute Gasteiger partial charge is 0.261 e. The van der Waals surface area contributed by atoms with Gasteiger partial charge in [0, 0.05) is 26.1 Å². The van der Waals surface area contributed by atoms with E-state index in [-0.39, 0.29) is 36.8 Å². The number of fused-ring (bicyclic) bond motifs is 1. The molecule has 0 aromatic heterocycles. The Hall–Kier alpha value is -2.99. The summed E-state index contributed by atoms with van der Waals surface area (Å²) in [7, 11) is 0. The fourth-order valence-corrected chi connectivity index (χ4v) is 3.12. The number of carbonyl (C=O) groups excluding carboxylic acids is 3. The van der Waals surface area contributed by atoms with Gasteiger partial charge < -0.3 is 10.1 Å². The van der Waals surface area contributed by atoms with Crippen molar-refractivity contribution in [1.82, 2.24) is 10.2 Å². The SMILES string of the molecule is CC(OCCCNC(=O)CCN1C(=O)c2ccccc2C1=O)c1ccccc1. The van der Waals surface area contributed by atoms with Gasteiger partial charge in [-0.05, 0) is 31.0 Å². The minimum Gasteiger partial charge on any atom is -0.374 e. The Bertz CT molecular complexity index is 816. The average Bonchev–Trinajstić information content (AvgIpc) is 2.97. The van der Waals surface area contributed by atoms with E-state index in [0.29, 0.717) is 30.7 Å². The normalized spacial score (nSPS) is 14.1. The number of hydrogen-bond acceptors (Lipinski definition) is 4. The van der Waals surface area contributed by atoms with Gasteiger partial charge in [-0.3, -0.25) is 19.3 Å². The molecule has 1 N–H and O–H groups in total. The molecule has 1 aliphatic rings. The number of amides is 3. The molecule has 0 fully saturated rings. The van der Waals surface area contributed by atoms with Gasteiger partial charge in [0.2, 0.25) is 5.91 Å². The van der Waals surface area contributed by atoms with Crippen molar-refractivity contribution in [1.29, 1.82) is 0 Å². The first-order chi connectivity index (χ1) is 13.6. The van der Waals surface area contributed by atoms with Crippen LogP contribution in [0.3, 0.4) is 0 Å². The van der Waals surface area contributed by atoms with Crippen molar-refractivity contribution in [2.24, 2.45) is 0 Å². The summed E-state index contributed by atoms with van der Waals surface area (Å²) in [5.74, 6) is -0.860. The minimum absolute atomic E-state index is 0.00530. The van der Waals surface area contributed by atoms with Gasteiger partial charge in [-0.2, -0.15) is 0 Å². The maximum Gasteiger partial charge on any atom is 0.261 e. The highest BCUT2D eigenvalue weighted by Crippen LogP contribution is 2.22. The zero-order valence-electron chi connectivity index (χ0n) is 15.9. The van der Waals surface area contributed by atoms with Crippen LogP contribution in [-0.4, -0.2) is 42.3 Å². The molecule has 6 nitrogen and oxygen atoms in total. The second-order valence-corrected chi connectivity index (χ2v) is 6.68. The van der Waals surface area contributed by atoms with Crippen LogP contribution < -0.4 is 5.32 Å². The number of benzene rings is 2. The molecule has 0 spiro atoms. The van der Waals surface area contributed by atoms with Crippen LogP contribution in [0, 0.1) is 0 Å². The molecular weight excluding hydrogens is 356 g/mol. The third kappa shape index (κ3) is 4.64. The lowest BCUT2D eigenvalue weighted by molar-refractivity contribution is -0.121. The Labute approximate surface area is 164 Å². The fourth-order valence-electron chi connectivity index (χ4n) is 3.12. The van der Waals surface area contributed by atoms with Crippen LogP contribution in [0.1, 0.15) is 52.1 Å². The Morgan fingerprint density at radius 2 is 1.61 bits per heavy atom. The monoisotopic (exact) mass is 380 g/mol. The average molecular weight is 380 g/mol. The Kier molecular flexibility index (Phi) is 6.55. The minimum atomic E-state index is -0.336. The molecule has 3 amide bonds. The summed E-state index contributed by atoms with van der Waals surface area (Å²) < 4.78 is 5.77. The zero-order chi connectivity index (χ0) is 19.9. The first-order valence-electron chi connectivity index (χ1n) is 9.46. The molecule has 1 heterocycles. The molecular formula is C22H24N2O4. The molecule has 2 aromatic rings. The summed E-state index contributed by atoms with van der Waals surface area (Å²) in [6.07, 6.45) is 0.786. The zero-order valence-corrected chi connectivity index (χ0v) is 15.9. The largest absolute Gasteiger partial charge is 0.374 e. The van der Waals surface area contributed by atoms with Gasteiger partial charge in [-0.25, -0.2) is 0 Å². The summed E-state index contributed by atoms with van der Waals surface area (Å²) in [6.45, 7) is 3.10. The van der Waals surface area contributed by atoms with Crippen LogP contribution in [0.15, 0.2) is 54.6 Å². The Balaban J connectivity index is 1.33. The molecule has 0 saturated heterocycles. The third-order valence-corrected chi connectivity index (χ3v) is 4.72. The Morgan fingerprint density at radius 1 is 1.00 bits per heavy atom. The van der Waals surface area contributed by atoms with Crippen LogP contribution in [0.4, 0.5) is 0 Å². The van der Waals surface area contributed by atoms with Crippen LogP contribution in [0.2, 0.25) is 0 Å². The van der Waals surface area contributed by atoms with Crippen molar-refractivity contribution in [2.75, 3.05) is 19.7 Å². The lowest BCUT2D eigenvalue weighted by Crippen LogP contribution is -2.35. The number of ether oxygens (including phenoxy) is 1. The van der Waals surface area contributed by atoms with Gasteiger partial charge in [0.05, 0.1) is 17.2 Å². The molecule has 0 saturated carbocycles. The summed E-state index contributed by atoms with van der Waals surface area (Å²) >= 11 is 0. The molecule has 0 bridgehead atoms. The van der Waals surface area contributed by atoms with Gasteiger partial charge in [-0.15, -0.1) is 0 Å². The maximum absolute atomic E-state index is 12.3. The fraction of sp³-hybridized carbons (Fsp3) is 0.318. The number of rotatable bonds is 9. The van der Waals surface area contributed by atoms with Crippen molar-refractivity contribution in [2.45, 2.75) is 25.9 Å². The van der Waals surface area contributed by atoms with Crippen molar-refractivity contribution >= 4 is 17.7 Å². The van der Waals surface area contributed by atoms with Gasteiger partial charge >= 0.3 is 0 Å². The second-order valence-electron chi connectivity index (χ2n) is 6.68. The molecule has 0 radical (unpaired) electrons. The molecule has 6 heteroatoms. The van der Waals surface area contributed by atoms with Crippen LogP contribution >= 0.6 is 0 Å². The predicted molar refractivity (Wildman–Crippen MR) is 105 cm³/mol. The molecule has 28 heavy (non-hydrogen) atoms. The van der Waals surface area contributed by atoms with E-state index in [4.69, 9.17) is 4.74 Å². The highest BCUT2D eigenvalue weighted by atomic mass is 16.5. The summed E-state index contributed by atoms with van der Waals surface area (Å²) in [5, 5.41) is 2.80. The number of nitrogens with one attached hydrogen (secondary N) is 1. The van der Waals surface area contributed by atoms with Crippen molar-refractivity contribution in [3.05, 3.63) is 71.3 Å². The summed E-state index contributed by atoms with van der Waals surface area (Å²) in [6, 6.07) is 16.7. The van der Waals surface area contributed by atoms with E-state index in [9.17, 15) is 14.4 Å². The lowest BCUT2D eigenvalue weighted by Gasteiger charge is -2.14. The topological polar surface area (TPSA) is 75.7 Å². The third-order valence-electron chi connectivity index (χ3n) is 4.72. The van der Waals surface area contributed by atoms with Crippen LogP contribution in [-0.2, 0) is 9.53 Å². The van der Waals surface area contributed by atoms with E-state index in [0.717, 1.165) is 10.5 Å². The second kappa shape index (κ2) is 9.28. The number of imide groups is 1. The standard InChI is InChI=1S/C22H24N2O4/c1-16(17-8-3-2-4-9-17)28-15-7-13-23-20(25)12-14-24-21(26)18-10-5-6-11-19(18)22(24)27/h2-6,8-11,16H,7,12-15H2,1H3,(H,23,25). The van der Waals surface area contributed by atoms with Gasteiger partial charge in [0.25, 0.3) is 11.8 Å². The summed E-state index contributed by atoms with van der Waals surface area (Å²) in [4.78, 5) is 37.7. The van der Waals surface area contributed by atoms with Crippen molar-refractivity contribution in [3.8, 4) is 0 Å². The van der Waals surface area contributed by atoms with Crippen LogP contribution in [0.5, 0.6) is 0 Å². The van der Waals surface area contributed by atoms with E-state index >= 15 is 0 Å². The Morgan fingerprint density at radius 3 is 2.25 bits per heavy atom. The first-order valence-corrected chi connectivity index (χ1v) is 9.46. The highest BCUT2D eigenvalue weighted by molar-refractivity contribution is 6.21. The first kappa shape index (κ1) is 19.8. The lowest BCUT2D eigenvalue weighted by atomic mass is 10.1. The van der Waals surface area contributed by atoms with Crippen LogP contribution in [0.25, 0.3) is 0 Å². The molecule has 0 aliphatic carbocycles. The predicted octanol–water partition coefficient (Wildman–Crippen LogP) is 2.96. The molecule has 1 unspecified atom stereocenters. The van der Waals surface area contributed by atoms with E-state index in [1.807, 2.05) is 37.3 Å². The van der Waals surface area contributed by atoms with Crippen molar-refractivity contribution < 1.29 is 19.1 Å². The molecule has 2 aromatic carbocycles. The van der Waals surface area contributed by atoms with E-state index in [1.54, 1.807) is 24.3 Å². The number of carbonyl (C=O) groups is 3. The summed E-state index contributed by atoms with van der Waals surface area (Å²) in [5.41, 5.74) is 1.92. The highest BCUT2D eigenvalue weighted by Gasteiger charge is 2.34. The maximum atomic E-state index is 12.3. The quantitative estimate of drug-likeness (QED) is 0.536. The van der Waals surface area contributed by atoms with Gasteiger partial charge in [0.15, 0.2) is 0 Å². The number of hydrogen-bond donors (Lipinski definition) is 1. The number of nitrogens with zero attached hydrogens (tertiary/aromatic N) is 1. The molecule has 146 valence electrons. The molecule has 3 rings (SSSR count). The van der Waals surface area contributed by atoms with Crippen molar-refractivity contribution in [3.63, 3.8) is 0 Å². The van der Waals surface area contributed by atoms with E-state index in [1.165, 1.54) is 0 Å². The van der Waals surface area contributed by atoms with Gasteiger partial charge in [0.1, 0.15) is 0 Å². The van der Waals surface area contributed by atoms with Gasteiger partial charge in [-0.1, -0.05) is 42.5 Å². The van der Waals surface area contributed by atoms with E-state index in [2.05, 4.69) is 5.32 Å².